The van der Waals surface area contributed by atoms with E-state index in [4.69, 9.17) is 14.2 Å². The molecule has 1 N–H and O–H groups in total. The molecule has 1 aliphatic rings. The molecular formula is C35H44N2O5. The predicted octanol–water partition coefficient (Wildman–Crippen LogP) is 5.89. The SMILES string of the molecule is COc1ccc(CCOc2ccc(C[C@@H](CN3CCCC3)NC(=O)CCCCC(=O)c3ccc(OC)cc3)cc2)cc1. The van der Waals surface area contributed by atoms with Crippen LogP contribution in [0, 0.1) is 0 Å². The summed E-state index contributed by atoms with van der Waals surface area (Å²) in [6.45, 7) is 3.62. The Kier molecular flexibility index (Phi) is 12.3. The molecule has 4 rings (SSSR count). The zero-order valence-corrected chi connectivity index (χ0v) is 25.0. The van der Waals surface area contributed by atoms with Gasteiger partial charge >= 0.3 is 0 Å². The van der Waals surface area contributed by atoms with E-state index in [1.807, 2.05) is 24.3 Å². The molecule has 1 atom stereocenters. The number of nitrogens with one attached hydrogen (secondary N) is 1. The topological polar surface area (TPSA) is 77.1 Å². The summed E-state index contributed by atoms with van der Waals surface area (Å²) in [6, 6.07) is 23.5. The van der Waals surface area contributed by atoms with Crippen molar-refractivity contribution in [2.45, 2.75) is 57.4 Å². The van der Waals surface area contributed by atoms with Gasteiger partial charge in [0.15, 0.2) is 5.78 Å². The maximum atomic E-state index is 12.9. The number of carbonyl (C=O) groups excluding carboxylic acids is 2. The molecule has 1 saturated heterocycles. The number of benzene rings is 3. The van der Waals surface area contributed by atoms with Crippen LogP contribution in [0.1, 0.15) is 60.0 Å². The van der Waals surface area contributed by atoms with Crippen molar-refractivity contribution in [1.82, 2.24) is 10.2 Å². The van der Waals surface area contributed by atoms with Gasteiger partial charge in [0.25, 0.3) is 0 Å². The number of hydrogen-bond donors (Lipinski definition) is 1. The van der Waals surface area contributed by atoms with E-state index >= 15 is 0 Å². The number of rotatable bonds is 17. The molecule has 0 saturated carbocycles. The van der Waals surface area contributed by atoms with Gasteiger partial charge in [0.05, 0.1) is 20.8 Å². The van der Waals surface area contributed by atoms with E-state index in [1.54, 1.807) is 38.5 Å². The van der Waals surface area contributed by atoms with Crippen LogP contribution >= 0.6 is 0 Å². The van der Waals surface area contributed by atoms with Crippen molar-refractivity contribution in [3.63, 3.8) is 0 Å². The first-order chi connectivity index (χ1) is 20.5. The summed E-state index contributed by atoms with van der Waals surface area (Å²) in [7, 11) is 3.28. The van der Waals surface area contributed by atoms with Gasteiger partial charge in [0, 0.05) is 37.4 Å². The van der Waals surface area contributed by atoms with Crippen LogP contribution in [0.3, 0.4) is 0 Å². The van der Waals surface area contributed by atoms with E-state index in [0.29, 0.717) is 37.9 Å². The molecule has 42 heavy (non-hydrogen) atoms. The van der Waals surface area contributed by atoms with Crippen molar-refractivity contribution in [3.05, 3.63) is 89.5 Å². The van der Waals surface area contributed by atoms with E-state index in [-0.39, 0.29) is 17.7 Å². The molecule has 0 aliphatic carbocycles. The van der Waals surface area contributed by atoms with E-state index in [1.165, 1.54) is 24.0 Å². The lowest BCUT2D eigenvalue weighted by Crippen LogP contribution is -2.44. The first-order valence-electron chi connectivity index (χ1n) is 15.1. The van der Waals surface area contributed by atoms with Crippen LogP contribution in [-0.4, -0.2) is 63.1 Å². The van der Waals surface area contributed by atoms with Gasteiger partial charge in [-0.2, -0.15) is 0 Å². The second kappa shape index (κ2) is 16.6. The number of unbranched alkanes of at least 4 members (excludes halogenated alkanes) is 1. The third-order valence-corrected chi connectivity index (χ3v) is 7.74. The molecule has 1 amide bonds. The molecule has 3 aromatic carbocycles. The van der Waals surface area contributed by atoms with Gasteiger partial charge in [-0.15, -0.1) is 0 Å². The Balaban J connectivity index is 1.21. The fraction of sp³-hybridized carbons (Fsp3) is 0.429. The predicted molar refractivity (Wildman–Crippen MR) is 166 cm³/mol. The number of amides is 1. The van der Waals surface area contributed by atoms with Gasteiger partial charge in [-0.05, 0) is 105 Å². The quantitative estimate of drug-likeness (QED) is 0.161. The van der Waals surface area contributed by atoms with Gasteiger partial charge in [0.1, 0.15) is 17.2 Å². The third kappa shape index (κ3) is 10.2. The highest BCUT2D eigenvalue weighted by Gasteiger charge is 2.20. The highest BCUT2D eigenvalue weighted by Crippen LogP contribution is 2.18. The lowest BCUT2D eigenvalue weighted by molar-refractivity contribution is -0.122. The standard InChI is InChI=1S/C35H44N2O5/c1-40-31-15-9-27(10-16-31)21-24-42-33-17-11-28(12-18-33)25-30(26-37-22-5-6-23-37)36-35(39)8-4-3-7-34(38)29-13-19-32(41-2)20-14-29/h9-20,30H,3-8,21-26H2,1-2H3,(H,36,39)/t30-/m0/s1. The van der Waals surface area contributed by atoms with Crippen LogP contribution in [0.2, 0.25) is 0 Å². The number of Topliss-reactive ketones (excluding diaryl/α,β-unsaturated/α-hetero) is 1. The fourth-order valence-electron chi connectivity index (χ4n) is 5.32. The molecule has 0 unspecified atom stereocenters. The first-order valence-corrected chi connectivity index (χ1v) is 15.1. The summed E-state index contributed by atoms with van der Waals surface area (Å²) in [5, 5.41) is 3.28. The Morgan fingerprint density at radius 1 is 0.762 bits per heavy atom. The average Bonchev–Trinajstić information content (AvgIpc) is 3.53. The molecule has 224 valence electrons. The van der Waals surface area contributed by atoms with Crippen LogP contribution in [-0.2, 0) is 17.6 Å². The molecule has 7 nitrogen and oxygen atoms in total. The first kappa shape index (κ1) is 31.1. The largest absolute Gasteiger partial charge is 0.497 e. The number of carbonyl (C=O) groups is 2. The number of ether oxygens (including phenoxy) is 3. The lowest BCUT2D eigenvalue weighted by Gasteiger charge is -2.25. The molecule has 3 aromatic rings. The summed E-state index contributed by atoms with van der Waals surface area (Å²) in [5.74, 6) is 2.58. The zero-order chi connectivity index (χ0) is 29.6. The Morgan fingerprint density at radius 2 is 1.33 bits per heavy atom. The van der Waals surface area contributed by atoms with Gasteiger partial charge in [0.2, 0.25) is 5.91 Å². The minimum absolute atomic E-state index is 0.0402. The highest BCUT2D eigenvalue weighted by molar-refractivity contribution is 5.96. The molecular weight excluding hydrogens is 528 g/mol. The Labute approximate surface area is 250 Å². The van der Waals surface area contributed by atoms with Crippen molar-refractivity contribution >= 4 is 11.7 Å². The minimum Gasteiger partial charge on any atom is -0.497 e. The minimum atomic E-state index is 0.0402. The summed E-state index contributed by atoms with van der Waals surface area (Å²) in [6.07, 6.45) is 6.26. The summed E-state index contributed by atoms with van der Waals surface area (Å²) >= 11 is 0. The second-order valence-corrected chi connectivity index (χ2v) is 10.9. The van der Waals surface area contributed by atoms with Crippen LogP contribution in [0.15, 0.2) is 72.8 Å². The van der Waals surface area contributed by atoms with Crippen LogP contribution < -0.4 is 19.5 Å². The van der Waals surface area contributed by atoms with Gasteiger partial charge in [-0.3, -0.25) is 9.59 Å². The Hall–Kier alpha value is -3.84. The zero-order valence-electron chi connectivity index (χ0n) is 25.0. The van der Waals surface area contributed by atoms with E-state index in [9.17, 15) is 9.59 Å². The van der Waals surface area contributed by atoms with Gasteiger partial charge in [-0.1, -0.05) is 24.3 Å². The number of ketones is 1. The molecule has 0 spiro atoms. The van der Waals surface area contributed by atoms with Gasteiger partial charge in [-0.25, -0.2) is 0 Å². The van der Waals surface area contributed by atoms with Crippen molar-refractivity contribution in [2.24, 2.45) is 0 Å². The van der Waals surface area contributed by atoms with Crippen molar-refractivity contribution < 1.29 is 23.8 Å². The van der Waals surface area contributed by atoms with E-state index < -0.39 is 0 Å². The fourth-order valence-corrected chi connectivity index (χ4v) is 5.32. The van der Waals surface area contributed by atoms with Crippen molar-refractivity contribution in [2.75, 3.05) is 40.5 Å². The Morgan fingerprint density at radius 3 is 1.98 bits per heavy atom. The number of nitrogens with zero attached hydrogens (tertiary/aromatic N) is 1. The van der Waals surface area contributed by atoms with E-state index in [2.05, 4.69) is 34.5 Å². The number of likely N-dealkylation sites (tertiary alicyclic amines) is 1. The van der Waals surface area contributed by atoms with Gasteiger partial charge < -0.3 is 24.4 Å². The molecule has 1 aliphatic heterocycles. The van der Waals surface area contributed by atoms with Crippen LogP contribution in [0.4, 0.5) is 0 Å². The lowest BCUT2D eigenvalue weighted by atomic mass is 10.0. The Bertz CT molecular complexity index is 1240. The normalized spacial score (nSPS) is 13.9. The maximum absolute atomic E-state index is 12.9. The third-order valence-electron chi connectivity index (χ3n) is 7.74. The molecule has 0 bridgehead atoms. The molecule has 0 aromatic heterocycles. The van der Waals surface area contributed by atoms with Crippen molar-refractivity contribution in [1.29, 1.82) is 0 Å². The molecule has 1 fully saturated rings. The van der Waals surface area contributed by atoms with Crippen LogP contribution in [0.25, 0.3) is 0 Å². The summed E-state index contributed by atoms with van der Waals surface area (Å²) < 4.78 is 16.3. The number of methoxy groups -OCH3 is 2. The molecule has 0 radical (unpaired) electrons. The van der Waals surface area contributed by atoms with E-state index in [0.717, 1.165) is 49.7 Å². The highest BCUT2D eigenvalue weighted by atomic mass is 16.5. The smallest absolute Gasteiger partial charge is 0.220 e. The average molecular weight is 573 g/mol. The molecule has 1 heterocycles. The maximum Gasteiger partial charge on any atom is 0.220 e. The second-order valence-electron chi connectivity index (χ2n) is 10.9. The van der Waals surface area contributed by atoms with Crippen molar-refractivity contribution in [3.8, 4) is 17.2 Å². The van der Waals surface area contributed by atoms with Crippen LogP contribution in [0.5, 0.6) is 17.2 Å². The summed E-state index contributed by atoms with van der Waals surface area (Å²) in [4.78, 5) is 27.8. The summed E-state index contributed by atoms with van der Waals surface area (Å²) in [5.41, 5.74) is 3.06. The number of hydrogen-bond acceptors (Lipinski definition) is 6. The molecule has 7 heteroatoms. The monoisotopic (exact) mass is 572 g/mol.